The molecule has 1 N–H and O–H groups in total. The number of carbonyl (C=O) groups excluding carboxylic acids is 2. The number of fused-ring (bicyclic) bond motifs is 1. The molecule has 0 radical (unpaired) electrons. The highest BCUT2D eigenvalue weighted by Gasteiger charge is 2.43. The number of nitrogens with zero attached hydrogens (tertiary/aromatic N) is 3. The van der Waals surface area contributed by atoms with Gasteiger partial charge in [0.2, 0.25) is 0 Å². The molecular weight excluding hydrogens is 396 g/mol. The molecule has 156 valence electrons. The summed E-state index contributed by atoms with van der Waals surface area (Å²) in [5.74, 6) is -1.19. The van der Waals surface area contributed by atoms with Gasteiger partial charge in [-0.05, 0) is 32.3 Å². The van der Waals surface area contributed by atoms with Gasteiger partial charge < -0.3 is 15.0 Å². The number of nitrogens with one attached hydrogen (secondary N) is 1. The fraction of sp³-hybridized carbons (Fsp3) is 0.579. The van der Waals surface area contributed by atoms with Gasteiger partial charge in [-0.1, -0.05) is 0 Å². The molecule has 2 amide bonds. The van der Waals surface area contributed by atoms with Gasteiger partial charge in [0, 0.05) is 25.1 Å². The van der Waals surface area contributed by atoms with Gasteiger partial charge in [-0.15, -0.1) is 11.3 Å². The number of amides is 2. The minimum Gasteiger partial charge on any atom is -0.383 e. The summed E-state index contributed by atoms with van der Waals surface area (Å²) < 4.78 is 8.16. The highest BCUT2D eigenvalue weighted by atomic mass is 32.1. The Morgan fingerprint density at radius 3 is 2.59 bits per heavy atom. The molecule has 10 heteroatoms. The number of ether oxygens (including phenoxy) is 1. The third-order valence-corrected chi connectivity index (χ3v) is 7.13. The first kappa shape index (κ1) is 19.8. The van der Waals surface area contributed by atoms with Crippen LogP contribution in [0.15, 0.2) is 9.59 Å². The highest BCUT2D eigenvalue weighted by Crippen LogP contribution is 2.41. The molecular formula is C19H24N4O5S. The second-order valence-electron chi connectivity index (χ2n) is 7.88. The summed E-state index contributed by atoms with van der Waals surface area (Å²) in [5, 5.41) is 3.05. The number of thiophene rings is 1. The first-order chi connectivity index (χ1) is 13.8. The zero-order chi connectivity index (χ0) is 20.9. The van der Waals surface area contributed by atoms with Crippen LogP contribution in [0.2, 0.25) is 0 Å². The van der Waals surface area contributed by atoms with Gasteiger partial charge in [0.25, 0.3) is 5.56 Å². The van der Waals surface area contributed by atoms with Crippen molar-refractivity contribution in [3.05, 3.63) is 31.3 Å². The number of carbonyl (C=O) groups is 2. The number of methoxy groups -OCH3 is 1. The van der Waals surface area contributed by atoms with Crippen molar-refractivity contribution < 1.29 is 14.3 Å². The van der Waals surface area contributed by atoms with E-state index in [0.717, 1.165) is 23.3 Å². The predicted octanol–water partition coefficient (Wildman–Crippen LogP) is 0.147. The Morgan fingerprint density at radius 1 is 1.21 bits per heavy atom. The molecule has 3 heterocycles. The van der Waals surface area contributed by atoms with E-state index < -0.39 is 17.4 Å². The van der Waals surface area contributed by atoms with E-state index in [0.29, 0.717) is 36.5 Å². The van der Waals surface area contributed by atoms with Crippen LogP contribution in [0, 0.1) is 6.92 Å². The summed E-state index contributed by atoms with van der Waals surface area (Å²) in [5.41, 5.74) is -0.271. The molecule has 1 saturated carbocycles. The Balaban J connectivity index is 1.87. The van der Waals surface area contributed by atoms with Crippen molar-refractivity contribution >= 4 is 33.4 Å². The van der Waals surface area contributed by atoms with Crippen LogP contribution in [0.25, 0.3) is 10.2 Å². The minimum atomic E-state index is -0.615. The lowest BCUT2D eigenvalue weighted by Crippen LogP contribution is -2.51. The number of aryl methyl sites for hydroxylation is 1. The average molecular weight is 420 g/mol. The molecule has 4 rings (SSSR count). The Morgan fingerprint density at radius 2 is 1.93 bits per heavy atom. The van der Waals surface area contributed by atoms with Crippen molar-refractivity contribution in [1.82, 2.24) is 19.4 Å². The molecule has 2 fully saturated rings. The summed E-state index contributed by atoms with van der Waals surface area (Å²) >= 11 is 1.33. The molecule has 29 heavy (non-hydrogen) atoms. The summed E-state index contributed by atoms with van der Waals surface area (Å²) in [6.07, 6.45) is 1.59. The second kappa shape index (κ2) is 7.10. The molecule has 0 atom stereocenters. The van der Waals surface area contributed by atoms with Crippen molar-refractivity contribution in [1.29, 1.82) is 0 Å². The maximum absolute atomic E-state index is 13.3. The molecule has 1 aliphatic carbocycles. The smallest absolute Gasteiger partial charge is 0.332 e. The maximum Gasteiger partial charge on any atom is 0.332 e. The highest BCUT2D eigenvalue weighted by molar-refractivity contribution is 7.18. The lowest BCUT2D eigenvalue weighted by Gasteiger charge is -2.26. The van der Waals surface area contributed by atoms with E-state index in [1.54, 1.807) is 11.7 Å². The fourth-order valence-corrected chi connectivity index (χ4v) is 5.08. The van der Waals surface area contributed by atoms with Crippen molar-refractivity contribution in [2.24, 2.45) is 0 Å². The van der Waals surface area contributed by atoms with Gasteiger partial charge in [-0.2, -0.15) is 0 Å². The quantitative estimate of drug-likeness (QED) is 0.670. The van der Waals surface area contributed by atoms with E-state index in [1.165, 1.54) is 20.8 Å². The zero-order valence-electron chi connectivity index (χ0n) is 16.7. The van der Waals surface area contributed by atoms with E-state index >= 15 is 0 Å². The number of aromatic nitrogens is 2. The summed E-state index contributed by atoms with van der Waals surface area (Å²) in [6.45, 7) is 5.51. The first-order valence-electron chi connectivity index (χ1n) is 9.63. The number of hydrogen-bond donors (Lipinski definition) is 1. The SMILES string of the molecule is COCCn1c(=O)n(C2(C)CC2)c(=O)c2c(C)c(CN3CCNC(=O)C3=O)sc21. The van der Waals surface area contributed by atoms with Crippen LogP contribution >= 0.6 is 11.3 Å². The molecule has 2 aliphatic rings. The van der Waals surface area contributed by atoms with E-state index in [-0.39, 0.29) is 17.8 Å². The summed E-state index contributed by atoms with van der Waals surface area (Å²) in [7, 11) is 1.57. The largest absolute Gasteiger partial charge is 0.383 e. The fourth-order valence-electron chi connectivity index (χ4n) is 3.75. The Hall–Kier alpha value is -2.46. The maximum atomic E-state index is 13.3. The van der Waals surface area contributed by atoms with Gasteiger partial charge in [-0.3, -0.25) is 23.5 Å². The summed E-state index contributed by atoms with van der Waals surface area (Å²) in [4.78, 5) is 53.2. The molecule has 0 unspecified atom stereocenters. The van der Waals surface area contributed by atoms with Crippen LogP contribution in [0.1, 0.15) is 30.2 Å². The van der Waals surface area contributed by atoms with Crippen molar-refractivity contribution in [2.45, 2.75) is 45.3 Å². The van der Waals surface area contributed by atoms with Gasteiger partial charge >= 0.3 is 17.5 Å². The number of hydrogen-bond acceptors (Lipinski definition) is 6. The zero-order valence-corrected chi connectivity index (χ0v) is 17.6. The van der Waals surface area contributed by atoms with Crippen LogP contribution in [0.5, 0.6) is 0 Å². The molecule has 2 aromatic heterocycles. The number of piperazine rings is 1. The number of rotatable bonds is 6. The third kappa shape index (κ3) is 3.20. The Bertz CT molecular complexity index is 1120. The molecule has 1 aliphatic heterocycles. The molecule has 1 saturated heterocycles. The molecule has 9 nitrogen and oxygen atoms in total. The van der Waals surface area contributed by atoms with E-state index in [9.17, 15) is 19.2 Å². The second-order valence-corrected chi connectivity index (χ2v) is 8.96. The lowest BCUT2D eigenvalue weighted by molar-refractivity contribution is -0.148. The van der Waals surface area contributed by atoms with E-state index in [4.69, 9.17) is 4.74 Å². The van der Waals surface area contributed by atoms with Crippen LogP contribution in [-0.2, 0) is 33.0 Å². The predicted molar refractivity (Wildman–Crippen MR) is 108 cm³/mol. The molecule has 0 spiro atoms. The molecule has 0 aromatic carbocycles. The van der Waals surface area contributed by atoms with E-state index in [2.05, 4.69) is 5.32 Å². The molecule has 0 bridgehead atoms. The van der Waals surface area contributed by atoms with Crippen LogP contribution in [0.3, 0.4) is 0 Å². The summed E-state index contributed by atoms with van der Waals surface area (Å²) in [6, 6.07) is 0. The Labute approximate surface area is 170 Å². The van der Waals surface area contributed by atoms with Crippen LogP contribution in [0.4, 0.5) is 0 Å². The van der Waals surface area contributed by atoms with Crippen molar-refractivity contribution in [3.63, 3.8) is 0 Å². The molecule has 2 aromatic rings. The van der Waals surface area contributed by atoms with Crippen LogP contribution < -0.4 is 16.6 Å². The van der Waals surface area contributed by atoms with Crippen molar-refractivity contribution in [3.8, 4) is 0 Å². The normalized spacial score (nSPS) is 18.4. The monoisotopic (exact) mass is 420 g/mol. The van der Waals surface area contributed by atoms with E-state index in [1.807, 2.05) is 13.8 Å². The third-order valence-electron chi connectivity index (χ3n) is 5.83. The van der Waals surface area contributed by atoms with Crippen LogP contribution in [-0.4, -0.2) is 52.7 Å². The van der Waals surface area contributed by atoms with Gasteiger partial charge in [0.05, 0.1) is 30.6 Å². The Kier molecular flexibility index (Phi) is 4.86. The van der Waals surface area contributed by atoms with Crippen molar-refractivity contribution in [2.75, 3.05) is 26.8 Å². The first-order valence-corrected chi connectivity index (χ1v) is 10.4. The van der Waals surface area contributed by atoms with Gasteiger partial charge in [0.1, 0.15) is 4.83 Å². The minimum absolute atomic E-state index is 0.243. The standard InChI is InChI=1S/C19H24N4O5S/c1-11-12(10-21-7-6-20-14(24)16(21)26)29-17-13(11)15(25)23(19(2)4-5-19)18(27)22(17)8-9-28-3/h4-10H2,1-3H3,(H,20,24). The van der Waals surface area contributed by atoms with Gasteiger partial charge in [-0.25, -0.2) is 4.79 Å². The van der Waals surface area contributed by atoms with Gasteiger partial charge in [0.15, 0.2) is 0 Å². The lowest BCUT2D eigenvalue weighted by atomic mass is 10.2. The average Bonchev–Trinajstić information content (AvgIpc) is 3.33. The topological polar surface area (TPSA) is 103 Å².